The number of fused-ring (bicyclic) bond motifs is 1. The maximum atomic E-state index is 12.7. The van der Waals surface area contributed by atoms with E-state index in [1.807, 2.05) is 19.1 Å². The zero-order chi connectivity index (χ0) is 17.2. The first-order valence-electron chi connectivity index (χ1n) is 7.91. The first kappa shape index (κ1) is 20.3. The Morgan fingerprint density at radius 3 is 2.42 bits per heavy atom. The number of benzene rings is 1. The van der Waals surface area contributed by atoms with Crippen LogP contribution in [0.5, 0.6) is 5.75 Å². The van der Waals surface area contributed by atoms with E-state index in [4.69, 9.17) is 10.5 Å². The van der Waals surface area contributed by atoms with Gasteiger partial charge in [0.05, 0.1) is 18.0 Å². The quantitative estimate of drug-likeness (QED) is 0.649. The van der Waals surface area contributed by atoms with Crippen molar-refractivity contribution in [1.29, 1.82) is 0 Å². The van der Waals surface area contributed by atoms with Gasteiger partial charge in [-0.2, -0.15) is 0 Å². The van der Waals surface area contributed by atoms with E-state index in [0.717, 1.165) is 12.1 Å². The van der Waals surface area contributed by atoms with Gasteiger partial charge in [-0.1, -0.05) is 0 Å². The van der Waals surface area contributed by atoms with E-state index in [1.54, 1.807) is 36.8 Å². The van der Waals surface area contributed by atoms with Crippen LogP contribution in [0.2, 0.25) is 0 Å². The smallest absolute Gasteiger partial charge is 0.242 e. The Labute approximate surface area is 149 Å². The van der Waals surface area contributed by atoms with E-state index in [9.17, 15) is 9.59 Å². The van der Waals surface area contributed by atoms with Crippen LogP contribution in [0, 0.1) is 5.41 Å². The molecule has 1 aromatic carbocycles. The van der Waals surface area contributed by atoms with Crippen LogP contribution in [0.4, 0.5) is 11.4 Å². The third-order valence-corrected chi connectivity index (χ3v) is 4.15. The van der Waals surface area contributed by atoms with E-state index in [1.165, 1.54) is 0 Å². The molecule has 0 fully saturated rings. The summed E-state index contributed by atoms with van der Waals surface area (Å²) in [6.07, 6.45) is 0.762. The molecule has 2 rings (SSSR count). The molecule has 0 spiro atoms. The summed E-state index contributed by atoms with van der Waals surface area (Å²) >= 11 is 0. The highest BCUT2D eigenvalue weighted by Gasteiger charge is 2.45. The van der Waals surface area contributed by atoms with Gasteiger partial charge >= 0.3 is 0 Å². The fourth-order valence-electron chi connectivity index (χ4n) is 2.74. The molecular formula is C17H26ClN3O3. The van der Waals surface area contributed by atoms with E-state index in [0.29, 0.717) is 31.1 Å². The Morgan fingerprint density at radius 2 is 1.83 bits per heavy atom. The summed E-state index contributed by atoms with van der Waals surface area (Å²) in [5, 5.41) is 0. The van der Waals surface area contributed by atoms with Crippen LogP contribution in [-0.4, -0.2) is 38.6 Å². The minimum Gasteiger partial charge on any atom is -0.493 e. The second-order valence-corrected chi connectivity index (χ2v) is 6.18. The van der Waals surface area contributed by atoms with Gasteiger partial charge in [-0.3, -0.25) is 9.59 Å². The molecule has 134 valence electrons. The third kappa shape index (κ3) is 3.49. The minimum absolute atomic E-state index is 0. The van der Waals surface area contributed by atoms with E-state index in [-0.39, 0.29) is 24.2 Å². The first-order valence-corrected chi connectivity index (χ1v) is 7.91. The summed E-state index contributed by atoms with van der Waals surface area (Å²) in [6.45, 7) is 6.83. The first-order chi connectivity index (χ1) is 10.8. The van der Waals surface area contributed by atoms with Gasteiger partial charge in [0, 0.05) is 19.7 Å². The molecule has 0 saturated carbocycles. The normalized spacial score (nSPS) is 16.4. The summed E-state index contributed by atoms with van der Waals surface area (Å²) in [7, 11) is 1.69. The molecule has 0 saturated heterocycles. The van der Waals surface area contributed by atoms with Crippen LogP contribution in [-0.2, 0) is 9.59 Å². The van der Waals surface area contributed by atoms with Gasteiger partial charge in [0.15, 0.2) is 0 Å². The summed E-state index contributed by atoms with van der Waals surface area (Å²) in [5.74, 6) is 0.256. The van der Waals surface area contributed by atoms with Crippen LogP contribution in [0.1, 0.15) is 27.2 Å². The van der Waals surface area contributed by atoms with Crippen molar-refractivity contribution < 1.29 is 14.3 Å². The molecular weight excluding hydrogens is 330 g/mol. The second kappa shape index (κ2) is 7.85. The van der Waals surface area contributed by atoms with Crippen molar-refractivity contribution in [2.24, 2.45) is 11.1 Å². The molecule has 7 heteroatoms. The van der Waals surface area contributed by atoms with Gasteiger partial charge < -0.3 is 20.3 Å². The molecule has 1 aliphatic heterocycles. The molecule has 6 nitrogen and oxygen atoms in total. The highest BCUT2D eigenvalue weighted by atomic mass is 35.5. The number of carbonyl (C=O) groups is 2. The maximum Gasteiger partial charge on any atom is 0.242 e. The lowest BCUT2D eigenvalue weighted by atomic mass is 9.90. The van der Waals surface area contributed by atoms with Crippen LogP contribution < -0.4 is 20.3 Å². The Bertz CT molecular complexity index is 619. The highest BCUT2D eigenvalue weighted by Crippen LogP contribution is 2.40. The standard InChI is InChI=1S/C17H25N3O3.ClH/c1-5-20-13-8-7-12(23-10-6-9-18)11-14(13)19(4)15(21)17(2,3)16(20)22;/h7-8,11H,5-6,9-10,18H2,1-4H3;1H. The molecule has 2 amide bonds. The van der Waals surface area contributed by atoms with Crippen molar-refractivity contribution in [3.8, 4) is 5.75 Å². The number of nitrogens with two attached hydrogens (primary N) is 1. The summed E-state index contributed by atoms with van der Waals surface area (Å²) < 4.78 is 5.66. The monoisotopic (exact) mass is 355 g/mol. The van der Waals surface area contributed by atoms with E-state index in [2.05, 4.69) is 0 Å². The Hall–Kier alpha value is -1.79. The zero-order valence-corrected chi connectivity index (χ0v) is 15.5. The fraction of sp³-hybridized carbons (Fsp3) is 0.529. The molecule has 0 bridgehead atoms. The molecule has 1 aromatic rings. The van der Waals surface area contributed by atoms with Crippen molar-refractivity contribution >= 4 is 35.6 Å². The van der Waals surface area contributed by atoms with Gasteiger partial charge in [-0.05, 0) is 45.9 Å². The summed E-state index contributed by atoms with van der Waals surface area (Å²) in [6, 6.07) is 5.46. The molecule has 0 radical (unpaired) electrons. The Morgan fingerprint density at radius 1 is 1.17 bits per heavy atom. The van der Waals surface area contributed by atoms with E-state index >= 15 is 0 Å². The number of nitrogens with zero attached hydrogens (tertiary/aromatic N) is 2. The van der Waals surface area contributed by atoms with Crippen molar-refractivity contribution in [2.75, 3.05) is 36.5 Å². The van der Waals surface area contributed by atoms with Crippen molar-refractivity contribution in [3.05, 3.63) is 18.2 Å². The zero-order valence-electron chi connectivity index (χ0n) is 14.7. The lowest BCUT2D eigenvalue weighted by molar-refractivity contribution is -0.137. The predicted octanol–water partition coefficient (Wildman–Crippen LogP) is 2.19. The molecule has 2 N–H and O–H groups in total. The minimum atomic E-state index is -1.09. The van der Waals surface area contributed by atoms with Gasteiger partial charge in [0.25, 0.3) is 0 Å². The summed E-state index contributed by atoms with van der Waals surface area (Å²) in [4.78, 5) is 28.6. The van der Waals surface area contributed by atoms with Gasteiger partial charge in [0.1, 0.15) is 11.2 Å². The number of ether oxygens (including phenoxy) is 1. The average Bonchev–Trinajstić information content (AvgIpc) is 2.58. The lowest BCUT2D eigenvalue weighted by Gasteiger charge is -2.27. The molecule has 0 aliphatic carbocycles. The number of anilines is 2. The van der Waals surface area contributed by atoms with Crippen LogP contribution in [0.15, 0.2) is 18.2 Å². The topological polar surface area (TPSA) is 75.9 Å². The maximum absolute atomic E-state index is 12.7. The van der Waals surface area contributed by atoms with Crippen molar-refractivity contribution in [3.63, 3.8) is 0 Å². The van der Waals surface area contributed by atoms with Crippen molar-refractivity contribution in [2.45, 2.75) is 27.2 Å². The molecule has 0 atom stereocenters. The molecule has 0 aromatic heterocycles. The Kier molecular flexibility index (Phi) is 6.63. The number of rotatable bonds is 5. The van der Waals surface area contributed by atoms with E-state index < -0.39 is 5.41 Å². The molecule has 1 heterocycles. The predicted molar refractivity (Wildman–Crippen MR) is 98.1 cm³/mol. The van der Waals surface area contributed by atoms with Crippen LogP contribution in [0.3, 0.4) is 0 Å². The molecule has 24 heavy (non-hydrogen) atoms. The molecule has 1 aliphatic rings. The number of hydrogen-bond donors (Lipinski definition) is 1. The van der Waals surface area contributed by atoms with Crippen molar-refractivity contribution in [1.82, 2.24) is 0 Å². The van der Waals surface area contributed by atoms with Crippen LogP contribution >= 0.6 is 12.4 Å². The highest BCUT2D eigenvalue weighted by molar-refractivity contribution is 6.20. The van der Waals surface area contributed by atoms with Gasteiger partial charge in [-0.15, -0.1) is 12.4 Å². The van der Waals surface area contributed by atoms with Gasteiger partial charge in [-0.25, -0.2) is 0 Å². The SMILES string of the molecule is CCN1C(=O)C(C)(C)C(=O)N(C)c2cc(OCCCN)ccc21.Cl. The summed E-state index contributed by atoms with van der Waals surface area (Å²) in [5.41, 5.74) is 5.78. The number of hydrogen-bond acceptors (Lipinski definition) is 4. The molecule has 0 unspecified atom stereocenters. The number of amides is 2. The second-order valence-electron chi connectivity index (χ2n) is 6.18. The third-order valence-electron chi connectivity index (χ3n) is 4.15. The largest absolute Gasteiger partial charge is 0.493 e. The Balaban J connectivity index is 0.00000288. The van der Waals surface area contributed by atoms with Crippen LogP contribution in [0.25, 0.3) is 0 Å². The van der Waals surface area contributed by atoms with Gasteiger partial charge in [0.2, 0.25) is 11.8 Å². The number of halogens is 1. The lowest BCUT2D eigenvalue weighted by Crippen LogP contribution is -2.47. The average molecular weight is 356 g/mol. The number of carbonyl (C=O) groups excluding carboxylic acids is 2. The fourth-order valence-corrected chi connectivity index (χ4v) is 2.74.